The number of hydrogen-bond acceptors (Lipinski definition) is 1. The van der Waals surface area contributed by atoms with E-state index in [9.17, 15) is 0 Å². The van der Waals surface area contributed by atoms with E-state index in [4.69, 9.17) is 0 Å². The molecule has 0 saturated carbocycles. The Kier molecular flexibility index (Phi) is 10.2. The number of nitrogens with one attached hydrogen (secondary N) is 1. The van der Waals surface area contributed by atoms with Crippen LogP contribution < -0.4 is 5.32 Å². The lowest BCUT2D eigenvalue weighted by molar-refractivity contribution is 0.450. The summed E-state index contributed by atoms with van der Waals surface area (Å²) in [5, 5.41) is 3.73. The van der Waals surface area contributed by atoms with Crippen molar-refractivity contribution in [1.29, 1.82) is 0 Å². The van der Waals surface area contributed by atoms with Gasteiger partial charge in [-0.1, -0.05) is 82.2 Å². The smallest absolute Gasteiger partial charge is 0.0107 e. The van der Waals surface area contributed by atoms with Gasteiger partial charge in [-0.05, 0) is 38.3 Å². The molecule has 1 atom stereocenters. The summed E-state index contributed by atoms with van der Waals surface area (Å²) in [6, 6.07) is 9.70. The van der Waals surface area contributed by atoms with Gasteiger partial charge in [0.25, 0.3) is 0 Å². The minimum Gasteiger partial charge on any atom is -0.314 e. The van der Waals surface area contributed by atoms with Gasteiger partial charge in [0.2, 0.25) is 0 Å². The van der Waals surface area contributed by atoms with Crippen LogP contribution in [0.2, 0.25) is 0 Å². The first-order valence-corrected chi connectivity index (χ1v) is 9.05. The van der Waals surface area contributed by atoms with Crippen LogP contribution in [0.5, 0.6) is 0 Å². The number of unbranched alkanes of at least 4 members (excludes halogenated alkanes) is 5. The molecule has 21 heavy (non-hydrogen) atoms. The molecule has 1 nitrogen and oxygen atoms in total. The summed E-state index contributed by atoms with van der Waals surface area (Å²) >= 11 is 0. The van der Waals surface area contributed by atoms with Crippen LogP contribution in [0.25, 0.3) is 0 Å². The number of aryl methyl sites for hydroxylation is 1. The largest absolute Gasteiger partial charge is 0.314 e. The van der Waals surface area contributed by atoms with E-state index in [1.54, 1.807) is 0 Å². The highest BCUT2D eigenvalue weighted by Crippen LogP contribution is 2.13. The van der Waals surface area contributed by atoms with E-state index < -0.39 is 0 Å². The fraction of sp³-hybridized carbons (Fsp3) is 0.700. The van der Waals surface area contributed by atoms with Gasteiger partial charge in [-0.15, -0.1) is 0 Å². The van der Waals surface area contributed by atoms with Gasteiger partial charge in [0.15, 0.2) is 0 Å². The van der Waals surface area contributed by atoms with Crippen molar-refractivity contribution in [2.75, 3.05) is 6.54 Å². The summed E-state index contributed by atoms with van der Waals surface area (Å²) in [5.74, 6) is 0. The molecule has 0 aliphatic heterocycles. The van der Waals surface area contributed by atoms with E-state index in [1.165, 1.54) is 68.9 Å². The van der Waals surface area contributed by atoms with Crippen LogP contribution in [0.4, 0.5) is 0 Å². The van der Waals surface area contributed by atoms with Gasteiger partial charge in [-0.3, -0.25) is 0 Å². The molecule has 0 spiro atoms. The van der Waals surface area contributed by atoms with Crippen molar-refractivity contribution in [3.05, 3.63) is 35.4 Å². The second kappa shape index (κ2) is 11.8. The Morgan fingerprint density at radius 2 is 1.52 bits per heavy atom. The van der Waals surface area contributed by atoms with Gasteiger partial charge in [0.05, 0.1) is 0 Å². The second-order valence-corrected chi connectivity index (χ2v) is 6.40. The minimum atomic E-state index is 0.652. The molecule has 1 heteroatoms. The van der Waals surface area contributed by atoms with Gasteiger partial charge in [0, 0.05) is 6.04 Å². The molecule has 0 aliphatic carbocycles. The van der Waals surface area contributed by atoms with Gasteiger partial charge in [-0.25, -0.2) is 0 Å². The van der Waals surface area contributed by atoms with Crippen molar-refractivity contribution in [2.45, 2.75) is 84.6 Å². The van der Waals surface area contributed by atoms with Crippen LogP contribution in [-0.4, -0.2) is 12.6 Å². The van der Waals surface area contributed by atoms with E-state index in [0.717, 1.165) is 6.54 Å². The first-order chi connectivity index (χ1) is 10.3. The van der Waals surface area contributed by atoms with E-state index >= 15 is 0 Å². The maximum absolute atomic E-state index is 3.73. The molecule has 1 N–H and O–H groups in total. The van der Waals surface area contributed by atoms with Crippen LogP contribution >= 0.6 is 0 Å². The van der Waals surface area contributed by atoms with Crippen LogP contribution in [-0.2, 0) is 6.42 Å². The first kappa shape index (κ1) is 18.2. The SMILES string of the molecule is CCCCCCCCC(Cc1ccc(C)cc1)NCCC. The maximum atomic E-state index is 3.73. The number of benzene rings is 1. The van der Waals surface area contributed by atoms with Crippen molar-refractivity contribution in [1.82, 2.24) is 5.32 Å². The van der Waals surface area contributed by atoms with Crippen molar-refractivity contribution in [3.63, 3.8) is 0 Å². The number of hydrogen-bond donors (Lipinski definition) is 1. The Labute approximate surface area is 132 Å². The Morgan fingerprint density at radius 1 is 0.857 bits per heavy atom. The van der Waals surface area contributed by atoms with E-state index in [2.05, 4.69) is 50.4 Å². The topological polar surface area (TPSA) is 12.0 Å². The van der Waals surface area contributed by atoms with E-state index in [0.29, 0.717) is 6.04 Å². The molecule has 0 aliphatic rings. The molecule has 1 unspecified atom stereocenters. The molecule has 0 amide bonds. The molecule has 0 fully saturated rings. The summed E-state index contributed by atoms with van der Waals surface area (Å²) in [6.07, 6.45) is 12.1. The Morgan fingerprint density at radius 3 is 2.19 bits per heavy atom. The summed E-state index contributed by atoms with van der Waals surface area (Å²) in [6.45, 7) is 7.84. The lowest BCUT2D eigenvalue weighted by Gasteiger charge is -2.19. The highest BCUT2D eigenvalue weighted by atomic mass is 14.9. The van der Waals surface area contributed by atoms with Gasteiger partial charge in [0.1, 0.15) is 0 Å². The Bertz CT molecular complexity index is 341. The summed E-state index contributed by atoms with van der Waals surface area (Å²) in [7, 11) is 0. The lowest BCUT2D eigenvalue weighted by Crippen LogP contribution is -2.31. The average molecular weight is 290 g/mol. The van der Waals surface area contributed by atoms with Crippen LogP contribution in [0, 0.1) is 6.92 Å². The summed E-state index contributed by atoms with van der Waals surface area (Å²) < 4.78 is 0. The quantitative estimate of drug-likeness (QED) is 0.490. The van der Waals surface area contributed by atoms with E-state index in [1.807, 2.05) is 0 Å². The van der Waals surface area contributed by atoms with Crippen molar-refractivity contribution in [3.8, 4) is 0 Å². The molecular weight excluding hydrogens is 254 g/mol. The standard InChI is InChI=1S/C20H35N/c1-4-6-7-8-9-10-11-20(21-16-5-2)17-19-14-12-18(3)13-15-19/h12-15,20-21H,4-11,16-17H2,1-3H3. The van der Waals surface area contributed by atoms with Crippen LogP contribution in [0.15, 0.2) is 24.3 Å². The van der Waals surface area contributed by atoms with E-state index in [-0.39, 0.29) is 0 Å². The normalized spacial score (nSPS) is 12.5. The monoisotopic (exact) mass is 289 g/mol. The molecular formula is C20H35N. The van der Waals surface area contributed by atoms with Gasteiger partial charge >= 0.3 is 0 Å². The number of rotatable bonds is 12. The predicted octanol–water partition coefficient (Wildman–Crippen LogP) is 5.66. The van der Waals surface area contributed by atoms with Crippen molar-refractivity contribution < 1.29 is 0 Å². The average Bonchev–Trinajstić information content (AvgIpc) is 2.50. The predicted molar refractivity (Wildman–Crippen MR) is 95.0 cm³/mol. The fourth-order valence-corrected chi connectivity index (χ4v) is 2.80. The Hall–Kier alpha value is -0.820. The third-order valence-electron chi connectivity index (χ3n) is 4.19. The third kappa shape index (κ3) is 8.93. The zero-order valence-electron chi connectivity index (χ0n) is 14.5. The molecule has 0 heterocycles. The molecule has 1 aromatic rings. The van der Waals surface area contributed by atoms with Gasteiger partial charge in [-0.2, -0.15) is 0 Å². The minimum absolute atomic E-state index is 0.652. The Balaban J connectivity index is 2.31. The highest BCUT2D eigenvalue weighted by Gasteiger charge is 2.08. The summed E-state index contributed by atoms with van der Waals surface area (Å²) in [5.41, 5.74) is 2.83. The molecule has 0 radical (unpaired) electrons. The third-order valence-corrected chi connectivity index (χ3v) is 4.19. The molecule has 0 aromatic heterocycles. The van der Waals surface area contributed by atoms with Crippen molar-refractivity contribution in [2.24, 2.45) is 0 Å². The molecule has 120 valence electrons. The van der Waals surface area contributed by atoms with Crippen LogP contribution in [0.1, 0.15) is 76.3 Å². The lowest BCUT2D eigenvalue weighted by atomic mass is 9.99. The van der Waals surface area contributed by atoms with Crippen molar-refractivity contribution >= 4 is 0 Å². The molecule has 0 saturated heterocycles. The second-order valence-electron chi connectivity index (χ2n) is 6.40. The fourth-order valence-electron chi connectivity index (χ4n) is 2.80. The zero-order chi connectivity index (χ0) is 15.3. The molecule has 1 rings (SSSR count). The van der Waals surface area contributed by atoms with Crippen LogP contribution in [0.3, 0.4) is 0 Å². The molecule has 1 aromatic carbocycles. The summed E-state index contributed by atoms with van der Waals surface area (Å²) in [4.78, 5) is 0. The molecule has 0 bridgehead atoms. The van der Waals surface area contributed by atoms with Gasteiger partial charge < -0.3 is 5.32 Å². The zero-order valence-corrected chi connectivity index (χ0v) is 14.5. The maximum Gasteiger partial charge on any atom is 0.0107 e. The first-order valence-electron chi connectivity index (χ1n) is 9.05. The highest BCUT2D eigenvalue weighted by molar-refractivity contribution is 5.22.